The number of H-pyrrole nitrogens is 1. The molecule has 0 unspecified atom stereocenters. The molecule has 2 rings (SSSR count). The third-order valence-corrected chi connectivity index (χ3v) is 4.10. The van der Waals surface area contributed by atoms with Crippen molar-refractivity contribution in [2.24, 2.45) is 5.92 Å². The number of rotatable bonds is 4. The number of aromatic nitrogens is 3. The Morgan fingerprint density at radius 2 is 2.06 bits per heavy atom. The van der Waals surface area contributed by atoms with Gasteiger partial charge in [-0.15, -0.1) is 0 Å². The number of aromatic amines is 1. The molecule has 0 atom stereocenters. The lowest BCUT2D eigenvalue weighted by Crippen LogP contribution is -2.12. The van der Waals surface area contributed by atoms with Crippen molar-refractivity contribution in [1.82, 2.24) is 14.8 Å². The summed E-state index contributed by atoms with van der Waals surface area (Å²) in [5.41, 5.74) is 0. The van der Waals surface area contributed by atoms with Gasteiger partial charge in [-0.2, -0.15) is 5.10 Å². The van der Waals surface area contributed by atoms with E-state index in [0.29, 0.717) is 5.92 Å². The molecule has 17 heavy (non-hydrogen) atoms. The summed E-state index contributed by atoms with van der Waals surface area (Å²) in [5.74, 6) is 2.45. The minimum atomic E-state index is 0.439. The largest absolute Gasteiger partial charge is 0.304 e. The molecule has 0 spiro atoms. The minimum absolute atomic E-state index is 0.439. The fraction of sp³-hybridized carbons (Fsp3) is 0.846. The lowest BCUT2D eigenvalue weighted by atomic mass is 9.87. The number of nitrogens with zero attached hydrogens (tertiary/aromatic N) is 2. The van der Waals surface area contributed by atoms with Gasteiger partial charge in [0.15, 0.2) is 4.77 Å². The standard InChI is InChI=1S/C13H23N3S/c1-10(2)12-14-15-13(17)16(12)9-8-11-6-4-3-5-7-11/h10-11H,3-9H2,1-2H3,(H,15,17). The Balaban J connectivity index is 1.98. The molecule has 1 aliphatic carbocycles. The van der Waals surface area contributed by atoms with Crippen molar-refractivity contribution in [2.75, 3.05) is 0 Å². The molecule has 1 aromatic rings. The van der Waals surface area contributed by atoms with E-state index in [0.717, 1.165) is 23.1 Å². The predicted molar refractivity (Wildman–Crippen MR) is 72.7 cm³/mol. The third-order valence-electron chi connectivity index (χ3n) is 3.79. The predicted octanol–water partition coefficient (Wildman–Crippen LogP) is 4.03. The van der Waals surface area contributed by atoms with Gasteiger partial charge in [0.2, 0.25) is 0 Å². The van der Waals surface area contributed by atoms with Crippen molar-refractivity contribution in [1.29, 1.82) is 0 Å². The second kappa shape index (κ2) is 5.80. The van der Waals surface area contributed by atoms with Crippen molar-refractivity contribution >= 4 is 12.2 Å². The van der Waals surface area contributed by atoms with E-state index >= 15 is 0 Å². The monoisotopic (exact) mass is 253 g/mol. The highest BCUT2D eigenvalue weighted by Gasteiger charge is 2.15. The molecule has 1 heterocycles. The van der Waals surface area contributed by atoms with Gasteiger partial charge in [0, 0.05) is 12.5 Å². The first-order valence-electron chi connectivity index (χ1n) is 6.83. The summed E-state index contributed by atoms with van der Waals surface area (Å²) < 4.78 is 2.97. The molecule has 4 heteroatoms. The van der Waals surface area contributed by atoms with Crippen LogP contribution < -0.4 is 0 Å². The van der Waals surface area contributed by atoms with Gasteiger partial charge >= 0.3 is 0 Å². The van der Waals surface area contributed by atoms with Gasteiger partial charge in [0.1, 0.15) is 5.82 Å². The highest BCUT2D eigenvalue weighted by Crippen LogP contribution is 2.27. The van der Waals surface area contributed by atoms with Gasteiger partial charge in [-0.3, -0.25) is 5.10 Å². The maximum Gasteiger partial charge on any atom is 0.195 e. The quantitative estimate of drug-likeness (QED) is 0.822. The lowest BCUT2D eigenvalue weighted by Gasteiger charge is -2.22. The van der Waals surface area contributed by atoms with Crippen molar-refractivity contribution in [3.63, 3.8) is 0 Å². The van der Waals surface area contributed by atoms with Crippen LogP contribution in [0.1, 0.15) is 64.1 Å². The number of hydrogen-bond acceptors (Lipinski definition) is 2. The molecule has 0 aromatic carbocycles. The van der Waals surface area contributed by atoms with Crippen molar-refractivity contribution in [2.45, 2.75) is 64.8 Å². The van der Waals surface area contributed by atoms with Crippen LogP contribution in [0.15, 0.2) is 0 Å². The van der Waals surface area contributed by atoms with Crippen molar-refractivity contribution in [3.8, 4) is 0 Å². The fourth-order valence-electron chi connectivity index (χ4n) is 2.77. The fourth-order valence-corrected chi connectivity index (χ4v) is 3.00. The average molecular weight is 253 g/mol. The Kier molecular flexibility index (Phi) is 4.37. The smallest absolute Gasteiger partial charge is 0.195 e. The Morgan fingerprint density at radius 1 is 1.35 bits per heavy atom. The van der Waals surface area contributed by atoms with Gasteiger partial charge in [0.25, 0.3) is 0 Å². The molecular formula is C13H23N3S. The van der Waals surface area contributed by atoms with Crippen LogP contribution in [0.5, 0.6) is 0 Å². The van der Waals surface area contributed by atoms with E-state index in [1.165, 1.54) is 38.5 Å². The second-order valence-corrected chi connectivity index (χ2v) is 5.87. The lowest BCUT2D eigenvalue weighted by molar-refractivity contribution is 0.321. The zero-order valence-electron chi connectivity index (χ0n) is 10.9. The summed E-state index contributed by atoms with van der Waals surface area (Å²) in [4.78, 5) is 0. The minimum Gasteiger partial charge on any atom is -0.304 e. The summed E-state index contributed by atoms with van der Waals surface area (Å²) in [6.07, 6.45) is 8.33. The van der Waals surface area contributed by atoms with E-state index < -0.39 is 0 Å². The van der Waals surface area contributed by atoms with Crippen LogP contribution in [-0.4, -0.2) is 14.8 Å². The van der Waals surface area contributed by atoms with Gasteiger partial charge in [0.05, 0.1) is 0 Å². The zero-order chi connectivity index (χ0) is 12.3. The van der Waals surface area contributed by atoms with Crippen molar-refractivity contribution < 1.29 is 0 Å². The Morgan fingerprint density at radius 3 is 2.71 bits per heavy atom. The molecule has 1 fully saturated rings. The van der Waals surface area contributed by atoms with E-state index in [2.05, 4.69) is 28.6 Å². The topological polar surface area (TPSA) is 33.6 Å². The maximum absolute atomic E-state index is 5.30. The van der Waals surface area contributed by atoms with E-state index in [-0.39, 0.29) is 0 Å². The molecule has 3 nitrogen and oxygen atoms in total. The second-order valence-electron chi connectivity index (χ2n) is 5.49. The van der Waals surface area contributed by atoms with E-state index in [1.807, 2.05) is 0 Å². The SMILES string of the molecule is CC(C)c1n[nH]c(=S)n1CCC1CCCCC1. The van der Waals surface area contributed by atoms with E-state index in [4.69, 9.17) is 12.2 Å². The third kappa shape index (κ3) is 3.18. The van der Waals surface area contributed by atoms with Crippen LogP contribution in [0, 0.1) is 10.7 Å². The van der Waals surface area contributed by atoms with Crippen LogP contribution in [-0.2, 0) is 6.54 Å². The number of hydrogen-bond donors (Lipinski definition) is 1. The summed E-state index contributed by atoms with van der Waals surface area (Å²) >= 11 is 5.30. The summed E-state index contributed by atoms with van der Waals surface area (Å²) in [5, 5.41) is 7.25. The average Bonchev–Trinajstić information content (AvgIpc) is 2.69. The molecule has 1 aromatic heterocycles. The van der Waals surface area contributed by atoms with Crippen LogP contribution >= 0.6 is 12.2 Å². The molecule has 96 valence electrons. The molecule has 1 N–H and O–H groups in total. The Hall–Kier alpha value is -0.640. The molecule has 0 saturated heterocycles. The molecular weight excluding hydrogens is 230 g/mol. The first kappa shape index (κ1) is 12.8. The summed E-state index contributed by atoms with van der Waals surface area (Å²) in [6.45, 7) is 5.37. The van der Waals surface area contributed by atoms with E-state index in [9.17, 15) is 0 Å². The zero-order valence-corrected chi connectivity index (χ0v) is 11.7. The van der Waals surface area contributed by atoms with Gasteiger partial charge in [-0.05, 0) is 24.6 Å². The maximum atomic E-state index is 5.30. The Bertz CT molecular complexity index is 399. The molecule has 1 saturated carbocycles. The van der Waals surface area contributed by atoms with Crippen LogP contribution in [0.4, 0.5) is 0 Å². The highest BCUT2D eigenvalue weighted by atomic mass is 32.1. The molecule has 0 bridgehead atoms. The highest BCUT2D eigenvalue weighted by molar-refractivity contribution is 7.71. The van der Waals surface area contributed by atoms with E-state index in [1.54, 1.807) is 0 Å². The van der Waals surface area contributed by atoms with Crippen molar-refractivity contribution in [3.05, 3.63) is 10.6 Å². The molecule has 0 aliphatic heterocycles. The molecule has 0 amide bonds. The number of nitrogens with one attached hydrogen (secondary N) is 1. The van der Waals surface area contributed by atoms with Crippen LogP contribution in [0.25, 0.3) is 0 Å². The first-order valence-corrected chi connectivity index (χ1v) is 7.24. The summed E-state index contributed by atoms with van der Waals surface area (Å²) in [7, 11) is 0. The van der Waals surface area contributed by atoms with Crippen LogP contribution in [0.3, 0.4) is 0 Å². The summed E-state index contributed by atoms with van der Waals surface area (Å²) in [6, 6.07) is 0. The van der Waals surface area contributed by atoms with Gasteiger partial charge in [-0.25, -0.2) is 0 Å². The van der Waals surface area contributed by atoms with Crippen LogP contribution in [0.2, 0.25) is 0 Å². The normalized spacial score (nSPS) is 17.8. The molecule has 1 aliphatic rings. The first-order chi connectivity index (χ1) is 8.18. The van der Waals surface area contributed by atoms with Gasteiger partial charge in [-0.1, -0.05) is 46.0 Å². The Labute approximate surface area is 109 Å². The van der Waals surface area contributed by atoms with Gasteiger partial charge < -0.3 is 4.57 Å². The molecule has 0 radical (unpaired) electrons.